The molecule has 0 fully saturated rings. The zero-order chi connectivity index (χ0) is 11.7. The van der Waals surface area contributed by atoms with E-state index in [0.29, 0.717) is 12.0 Å². The van der Waals surface area contributed by atoms with E-state index in [9.17, 15) is 4.79 Å². The van der Waals surface area contributed by atoms with Crippen molar-refractivity contribution >= 4 is 5.97 Å². The van der Waals surface area contributed by atoms with Gasteiger partial charge in [-0.1, -0.05) is 31.7 Å². The normalized spacial score (nSPS) is 12.5. The van der Waals surface area contributed by atoms with Gasteiger partial charge < -0.3 is 5.11 Å². The van der Waals surface area contributed by atoms with Crippen LogP contribution in [0.15, 0.2) is 48.1 Å². The van der Waals surface area contributed by atoms with Gasteiger partial charge in [0.1, 0.15) is 0 Å². The van der Waals surface area contributed by atoms with Gasteiger partial charge in [0.25, 0.3) is 0 Å². The van der Waals surface area contributed by atoms with Gasteiger partial charge >= 0.3 is 5.97 Å². The number of carboxylic acid groups (broad SMARTS) is 1. The molecule has 0 radical (unpaired) electrons. The number of hydrogen-bond donors (Lipinski definition) is 1. The average molecular weight is 203 g/mol. The SMILES string of the molecule is C=CC=CC(=CC#N)C=C(CC)C(=O)O. The monoisotopic (exact) mass is 203 g/mol. The van der Waals surface area contributed by atoms with Crippen molar-refractivity contribution in [1.82, 2.24) is 0 Å². The van der Waals surface area contributed by atoms with Crippen LogP contribution in [0.25, 0.3) is 0 Å². The Morgan fingerprint density at radius 1 is 1.60 bits per heavy atom. The molecule has 3 heteroatoms. The Bertz CT molecular complexity index is 368. The van der Waals surface area contributed by atoms with Crippen molar-refractivity contribution in [2.24, 2.45) is 0 Å². The molecule has 0 aliphatic rings. The molecule has 0 atom stereocenters. The first kappa shape index (κ1) is 12.9. The number of hydrogen-bond acceptors (Lipinski definition) is 2. The van der Waals surface area contributed by atoms with Crippen molar-refractivity contribution in [1.29, 1.82) is 5.26 Å². The molecule has 0 bridgehead atoms. The van der Waals surface area contributed by atoms with Gasteiger partial charge in [-0.2, -0.15) is 5.26 Å². The first-order valence-corrected chi connectivity index (χ1v) is 4.48. The van der Waals surface area contributed by atoms with Crippen LogP contribution in [0.3, 0.4) is 0 Å². The maximum Gasteiger partial charge on any atom is 0.331 e. The van der Waals surface area contributed by atoms with E-state index in [1.807, 2.05) is 6.07 Å². The van der Waals surface area contributed by atoms with E-state index in [4.69, 9.17) is 10.4 Å². The van der Waals surface area contributed by atoms with Crippen molar-refractivity contribution in [3.63, 3.8) is 0 Å². The van der Waals surface area contributed by atoms with Crippen LogP contribution in [-0.2, 0) is 4.79 Å². The van der Waals surface area contributed by atoms with Crippen molar-refractivity contribution in [3.8, 4) is 6.07 Å². The molecule has 0 aromatic rings. The summed E-state index contributed by atoms with van der Waals surface area (Å²) in [5.74, 6) is -0.964. The molecule has 0 saturated carbocycles. The predicted molar refractivity (Wildman–Crippen MR) is 59.0 cm³/mol. The predicted octanol–water partition coefficient (Wildman–Crippen LogP) is 2.60. The molecule has 0 aromatic carbocycles. The van der Waals surface area contributed by atoms with Gasteiger partial charge in [-0.25, -0.2) is 4.79 Å². The smallest absolute Gasteiger partial charge is 0.331 e. The Labute approximate surface area is 89.3 Å². The number of aliphatic carboxylic acids is 1. The molecule has 1 N–H and O–H groups in total. The maximum atomic E-state index is 10.7. The fourth-order valence-corrected chi connectivity index (χ4v) is 0.908. The van der Waals surface area contributed by atoms with Crippen LogP contribution < -0.4 is 0 Å². The molecule has 0 saturated heterocycles. The molecule has 3 nitrogen and oxygen atoms in total. The Morgan fingerprint density at radius 3 is 2.67 bits per heavy atom. The zero-order valence-corrected chi connectivity index (χ0v) is 8.60. The fourth-order valence-electron chi connectivity index (χ4n) is 0.908. The van der Waals surface area contributed by atoms with E-state index in [2.05, 4.69) is 6.58 Å². The number of nitriles is 1. The summed E-state index contributed by atoms with van der Waals surface area (Å²) in [6.07, 6.45) is 8.03. The molecule has 15 heavy (non-hydrogen) atoms. The highest BCUT2D eigenvalue weighted by Gasteiger charge is 2.03. The summed E-state index contributed by atoms with van der Waals surface area (Å²) in [4.78, 5) is 10.7. The van der Waals surface area contributed by atoms with Gasteiger partial charge in [0.2, 0.25) is 0 Å². The van der Waals surface area contributed by atoms with Crippen molar-refractivity contribution in [2.75, 3.05) is 0 Å². The van der Waals surface area contributed by atoms with Crippen molar-refractivity contribution in [3.05, 3.63) is 48.1 Å². The summed E-state index contributed by atoms with van der Waals surface area (Å²) in [5.41, 5.74) is 0.821. The number of rotatable bonds is 5. The van der Waals surface area contributed by atoms with E-state index in [1.165, 1.54) is 12.2 Å². The molecule has 0 aliphatic carbocycles. The number of allylic oxidation sites excluding steroid dienone is 6. The second kappa shape index (κ2) is 7.34. The first-order valence-electron chi connectivity index (χ1n) is 4.48. The number of carboxylic acids is 1. The molecular weight excluding hydrogens is 190 g/mol. The van der Waals surface area contributed by atoms with E-state index in [-0.39, 0.29) is 5.57 Å². The summed E-state index contributed by atoms with van der Waals surface area (Å²) in [7, 11) is 0. The largest absolute Gasteiger partial charge is 0.478 e. The van der Waals surface area contributed by atoms with Crippen LogP contribution in [0.4, 0.5) is 0 Å². The highest BCUT2D eigenvalue weighted by molar-refractivity contribution is 5.87. The third kappa shape index (κ3) is 5.27. The standard InChI is InChI=1S/C12H13NO2/c1-3-5-6-10(7-8-13)9-11(4-2)12(14)15/h3,5-7,9H,1,4H2,2H3,(H,14,15). The van der Waals surface area contributed by atoms with Crippen LogP contribution in [0.1, 0.15) is 13.3 Å². The topological polar surface area (TPSA) is 61.1 Å². The van der Waals surface area contributed by atoms with Crippen LogP contribution in [-0.4, -0.2) is 11.1 Å². The number of nitrogens with zero attached hydrogens (tertiary/aromatic N) is 1. The lowest BCUT2D eigenvalue weighted by Gasteiger charge is -1.97. The summed E-state index contributed by atoms with van der Waals surface area (Å²) >= 11 is 0. The summed E-state index contributed by atoms with van der Waals surface area (Å²) in [5, 5.41) is 17.3. The van der Waals surface area contributed by atoms with Crippen molar-refractivity contribution in [2.45, 2.75) is 13.3 Å². The molecule has 0 rings (SSSR count). The Morgan fingerprint density at radius 2 is 2.27 bits per heavy atom. The van der Waals surface area contributed by atoms with Gasteiger partial charge in [-0.05, 0) is 18.1 Å². The van der Waals surface area contributed by atoms with Crippen molar-refractivity contribution < 1.29 is 9.90 Å². The van der Waals surface area contributed by atoms with Gasteiger partial charge in [-0.15, -0.1) is 0 Å². The minimum atomic E-state index is -0.964. The third-order valence-corrected chi connectivity index (χ3v) is 1.65. The minimum absolute atomic E-state index is 0.269. The lowest BCUT2D eigenvalue weighted by Crippen LogP contribution is -1.99. The lowest BCUT2D eigenvalue weighted by atomic mass is 10.1. The minimum Gasteiger partial charge on any atom is -0.478 e. The molecule has 0 heterocycles. The van der Waals surface area contributed by atoms with E-state index < -0.39 is 5.97 Å². The fraction of sp³-hybridized carbons (Fsp3) is 0.167. The molecule has 0 aromatic heterocycles. The highest BCUT2D eigenvalue weighted by Crippen LogP contribution is 2.08. The molecule has 0 aliphatic heterocycles. The van der Waals surface area contributed by atoms with Crippen LogP contribution in [0.5, 0.6) is 0 Å². The number of carbonyl (C=O) groups is 1. The molecular formula is C12H13NO2. The zero-order valence-electron chi connectivity index (χ0n) is 8.60. The first-order chi connectivity index (χ1) is 7.15. The third-order valence-electron chi connectivity index (χ3n) is 1.65. The molecule has 0 amide bonds. The second-order valence-electron chi connectivity index (χ2n) is 2.70. The lowest BCUT2D eigenvalue weighted by molar-refractivity contribution is -0.132. The summed E-state index contributed by atoms with van der Waals surface area (Å²) in [6.45, 7) is 5.24. The van der Waals surface area contributed by atoms with Gasteiger partial charge in [0, 0.05) is 11.6 Å². The van der Waals surface area contributed by atoms with E-state index >= 15 is 0 Å². The van der Waals surface area contributed by atoms with Crippen LogP contribution >= 0.6 is 0 Å². The maximum absolute atomic E-state index is 10.7. The van der Waals surface area contributed by atoms with Crippen LogP contribution in [0.2, 0.25) is 0 Å². The van der Waals surface area contributed by atoms with E-state index in [1.54, 1.807) is 25.2 Å². The molecule has 0 unspecified atom stereocenters. The van der Waals surface area contributed by atoms with Gasteiger partial charge in [0.15, 0.2) is 0 Å². The quantitative estimate of drug-likeness (QED) is 0.424. The average Bonchev–Trinajstić information content (AvgIpc) is 2.21. The van der Waals surface area contributed by atoms with Gasteiger partial charge in [0.05, 0.1) is 6.07 Å². The Hall–Kier alpha value is -2.08. The van der Waals surface area contributed by atoms with Crippen LogP contribution in [0, 0.1) is 11.3 Å². The Balaban J connectivity index is 5.04. The molecule has 78 valence electrons. The summed E-state index contributed by atoms with van der Waals surface area (Å²) < 4.78 is 0. The Kier molecular flexibility index (Phi) is 6.32. The summed E-state index contributed by atoms with van der Waals surface area (Å²) in [6, 6.07) is 1.86. The van der Waals surface area contributed by atoms with E-state index in [0.717, 1.165) is 0 Å². The highest BCUT2D eigenvalue weighted by atomic mass is 16.4. The molecule has 0 spiro atoms. The van der Waals surface area contributed by atoms with Gasteiger partial charge in [-0.3, -0.25) is 0 Å². The second-order valence-corrected chi connectivity index (χ2v) is 2.70.